The summed E-state index contributed by atoms with van der Waals surface area (Å²) in [5, 5.41) is 3.16. The lowest BCUT2D eigenvalue weighted by Gasteiger charge is -2.44. The van der Waals surface area contributed by atoms with Crippen molar-refractivity contribution in [1.29, 1.82) is 0 Å². The summed E-state index contributed by atoms with van der Waals surface area (Å²) in [6.07, 6.45) is 2.28. The topological polar surface area (TPSA) is 75.7 Å². The average Bonchev–Trinajstić information content (AvgIpc) is 3.51. The van der Waals surface area contributed by atoms with E-state index < -0.39 is 16.8 Å². The minimum Gasteiger partial charge on any atom is -0.461 e. The van der Waals surface area contributed by atoms with E-state index in [1.807, 2.05) is 44.2 Å². The lowest BCUT2D eigenvalue weighted by Crippen LogP contribution is -2.71. The number of nitrogens with one attached hydrogen (secondary N) is 1. The second kappa shape index (κ2) is 7.95. The highest BCUT2D eigenvalue weighted by atomic mass is 79.9. The van der Waals surface area contributed by atoms with Gasteiger partial charge in [-0.2, -0.15) is 0 Å². The Bertz CT molecular complexity index is 818. The first-order chi connectivity index (χ1) is 13.8. The predicted octanol–water partition coefficient (Wildman–Crippen LogP) is 2.49. The van der Waals surface area contributed by atoms with Gasteiger partial charge in [-0.15, -0.1) is 11.8 Å². The molecule has 1 aromatic rings. The number of benzene rings is 1. The van der Waals surface area contributed by atoms with Gasteiger partial charge in [-0.1, -0.05) is 46.3 Å². The molecule has 3 fully saturated rings. The molecule has 0 radical (unpaired) electrons. The summed E-state index contributed by atoms with van der Waals surface area (Å²) in [5.41, 5.74) is 0.897. The zero-order valence-electron chi connectivity index (χ0n) is 16.5. The molecule has 1 aliphatic carbocycles. The van der Waals surface area contributed by atoms with Crippen molar-refractivity contribution in [3.05, 3.63) is 35.9 Å². The van der Waals surface area contributed by atoms with Crippen LogP contribution in [0.2, 0.25) is 0 Å². The zero-order chi connectivity index (χ0) is 20.8. The third kappa shape index (κ3) is 3.93. The van der Waals surface area contributed by atoms with Gasteiger partial charge in [0.15, 0.2) is 0 Å². The van der Waals surface area contributed by atoms with Gasteiger partial charge in [0.05, 0.1) is 11.2 Å². The molecule has 0 bridgehead atoms. The highest BCUT2D eigenvalue weighted by Gasteiger charge is 2.65. The Hall–Kier alpha value is -1.54. The van der Waals surface area contributed by atoms with Gasteiger partial charge in [-0.25, -0.2) is 4.79 Å². The van der Waals surface area contributed by atoms with E-state index in [1.165, 1.54) is 0 Å². The van der Waals surface area contributed by atoms with E-state index in [2.05, 4.69) is 21.2 Å². The SMILES string of the molecule is CC(OC(=O)C1N2C(=O)C(NC(=O)Cc3ccccc3)C2SC1(C)CBr)C1CC1. The highest BCUT2D eigenvalue weighted by molar-refractivity contribution is 9.09. The van der Waals surface area contributed by atoms with Crippen molar-refractivity contribution in [2.75, 3.05) is 5.33 Å². The number of hydrogen-bond donors (Lipinski definition) is 1. The van der Waals surface area contributed by atoms with Gasteiger partial charge in [-0.05, 0) is 38.2 Å². The summed E-state index contributed by atoms with van der Waals surface area (Å²) < 4.78 is 5.20. The third-order valence-corrected chi connectivity index (χ3v) is 9.11. The van der Waals surface area contributed by atoms with Crippen LogP contribution in [0.25, 0.3) is 0 Å². The van der Waals surface area contributed by atoms with Gasteiger partial charge in [-0.3, -0.25) is 9.59 Å². The van der Waals surface area contributed by atoms with Gasteiger partial charge in [0.2, 0.25) is 11.8 Å². The van der Waals surface area contributed by atoms with Crippen molar-refractivity contribution in [3.8, 4) is 0 Å². The van der Waals surface area contributed by atoms with E-state index in [4.69, 9.17) is 4.74 Å². The number of rotatable bonds is 7. The quantitative estimate of drug-likeness (QED) is 0.368. The molecule has 0 spiro atoms. The van der Waals surface area contributed by atoms with Crippen molar-refractivity contribution >= 4 is 45.5 Å². The molecular weight excluding hydrogens is 456 g/mol. The van der Waals surface area contributed by atoms with Gasteiger partial charge in [0.1, 0.15) is 23.6 Å². The molecule has 1 saturated carbocycles. The average molecular weight is 481 g/mol. The first-order valence-electron chi connectivity index (χ1n) is 9.94. The summed E-state index contributed by atoms with van der Waals surface area (Å²) in [5.74, 6) is -0.307. The maximum Gasteiger partial charge on any atom is 0.330 e. The number of halogens is 1. The number of nitrogens with zero attached hydrogens (tertiary/aromatic N) is 1. The van der Waals surface area contributed by atoms with E-state index in [0.29, 0.717) is 11.2 Å². The normalized spacial score (nSPS) is 31.6. The summed E-state index contributed by atoms with van der Waals surface area (Å²) >= 11 is 5.07. The first-order valence-corrected chi connectivity index (χ1v) is 11.9. The lowest BCUT2D eigenvalue weighted by molar-refractivity contribution is -0.167. The molecule has 6 nitrogen and oxygen atoms in total. The molecule has 8 heteroatoms. The van der Waals surface area contributed by atoms with Gasteiger partial charge in [0.25, 0.3) is 0 Å². The number of fused-ring (bicyclic) bond motifs is 1. The lowest BCUT2D eigenvalue weighted by atomic mass is 9.95. The maximum absolute atomic E-state index is 12.9. The van der Waals surface area contributed by atoms with Crippen LogP contribution in [0.5, 0.6) is 0 Å². The van der Waals surface area contributed by atoms with Crippen LogP contribution in [0.3, 0.4) is 0 Å². The van der Waals surface area contributed by atoms with Crippen LogP contribution in [-0.4, -0.2) is 56.3 Å². The van der Waals surface area contributed by atoms with Crippen LogP contribution in [0, 0.1) is 5.92 Å². The number of hydrogen-bond acceptors (Lipinski definition) is 5. The molecule has 4 rings (SSSR count). The molecule has 1 aromatic carbocycles. The van der Waals surface area contributed by atoms with Crippen molar-refractivity contribution in [3.63, 3.8) is 0 Å². The molecule has 29 heavy (non-hydrogen) atoms. The Morgan fingerprint density at radius 2 is 2.03 bits per heavy atom. The minimum atomic E-state index is -0.646. The molecule has 2 saturated heterocycles. The monoisotopic (exact) mass is 480 g/mol. The number of β-lactam (4-membered cyclic amide) rings is 1. The number of thioether (sulfide) groups is 1. The van der Waals surface area contributed by atoms with Crippen LogP contribution >= 0.6 is 27.7 Å². The molecule has 2 heterocycles. The summed E-state index contributed by atoms with van der Waals surface area (Å²) in [6, 6.07) is 8.18. The fourth-order valence-electron chi connectivity index (χ4n) is 4.04. The van der Waals surface area contributed by atoms with Crippen LogP contribution in [0.1, 0.15) is 32.3 Å². The maximum atomic E-state index is 12.9. The molecule has 2 aliphatic heterocycles. The minimum absolute atomic E-state index is 0.121. The summed E-state index contributed by atoms with van der Waals surface area (Å²) in [7, 11) is 0. The fraction of sp³-hybridized carbons (Fsp3) is 0.571. The van der Waals surface area contributed by atoms with Gasteiger partial charge >= 0.3 is 5.97 Å². The summed E-state index contributed by atoms with van der Waals surface area (Å²) in [6.45, 7) is 3.89. The van der Waals surface area contributed by atoms with Crippen molar-refractivity contribution in [2.24, 2.45) is 5.92 Å². The Balaban J connectivity index is 1.43. The van der Waals surface area contributed by atoms with Crippen molar-refractivity contribution in [2.45, 2.75) is 61.4 Å². The molecule has 1 N–H and O–H groups in total. The van der Waals surface area contributed by atoms with Crippen LogP contribution in [-0.2, 0) is 25.5 Å². The molecule has 5 unspecified atom stereocenters. The Morgan fingerprint density at radius 3 is 2.66 bits per heavy atom. The molecule has 2 amide bonds. The summed E-state index contributed by atoms with van der Waals surface area (Å²) in [4.78, 5) is 39.8. The van der Waals surface area contributed by atoms with Crippen molar-refractivity contribution in [1.82, 2.24) is 10.2 Å². The van der Waals surface area contributed by atoms with Crippen LogP contribution in [0.4, 0.5) is 0 Å². The van der Waals surface area contributed by atoms with E-state index in [-0.39, 0.29) is 35.7 Å². The molecular formula is C21H25BrN2O4S. The number of alkyl halides is 1. The number of carbonyl (C=O) groups excluding carboxylic acids is 3. The highest BCUT2D eigenvalue weighted by Crippen LogP contribution is 2.52. The Morgan fingerprint density at radius 1 is 1.34 bits per heavy atom. The van der Waals surface area contributed by atoms with Crippen LogP contribution < -0.4 is 5.32 Å². The van der Waals surface area contributed by atoms with E-state index >= 15 is 0 Å². The predicted molar refractivity (Wildman–Crippen MR) is 115 cm³/mol. The Kier molecular flexibility index (Phi) is 5.68. The molecule has 5 atom stereocenters. The Labute approximate surface area is 183 Å². The second-order valence-electron chi connectivity index (χ2n) is 8.29. The first kappa shape index (κ1) is 20.7. The number of ether oxygens (including phenoxy) is 1. The third-order valence-electron chi connectivity index (χ3n) is 5.93. The molecule has 3 aliphatic rings. The van der Waals surface area contributed by atoms with E-state index in [9.17, 15) is 14.4 Å². The number of amides is 2. The largest absolute Gasteiger partial charge is 0.461 e. The van der Waals surface area contributed by atoms with Gasteiger partial charge in [0, 0.05) is 5.33 Å². The molecule has 156 valence electrons. The molecule has 0 aromatic heterocycles. The fourth-order valence-corrected chi connectivity index (χ4v) is 6.35. The zero-order valence-corrected chi connectivity index (χ0v) is 18.9. The number of carbonyl (C=O) groups is 3. The smallest absolute Gasteiger partial charge is 0.330 e. The van der Waals surface area contributed by atoms with E-state index in [0.717, 1.165) is 18.4 Å². The second-order valence-corrected chi connectivity index (χ2v) is 10.5. The number of esters is 1. The van der Waals surface area contributed by atoms with E-state index in [1.54, 1.807) is 16.7 Å². The standard InChI is InChI=1S/C21H25BrN2O4S/c1-12(14-8-9-14)28-20(27)17-21(2,11-22)29-19-16(18(26)24(17)19)23-15(25)10-13-6-4-3-5-7-13/h3-7,12,14,16-17,19H,8-11H2,1-2H3,(H,23,25). The van der Waals surface area contributed by atoms with Crippen molar-refractivity contribution < 1.29 is 19.1 Å². The van der Waals surface area contributed by atoms with Gasteiger partial charge < -0.3 is 15.0 Å². The van der Waals surface area contributed by atoms with Crippen LogP contribution in [0.15, 0.2) is 30.3 Å².